The molecule has 0 radical (unpaired) electrons. The second-order valence-corrected chi connectivity index (χ2v) is 6.74. The summed E-state index contributed by atoms with van der Waals surface area (Å²) in [6.07, 6.45) is 5.36. The maximum atomic E-state index is 12.3. The van der Waals surface area contributed by atoms with Gasteiger partial charge in [-0.25, -0.2) is 4.79 Å². The highest BCUT2D eigenvalue weighted by atomic mass is 16.5. The molecule has 1 aliphatic carbocycles. The highest BCUT2D eigenvalue weighted by molar-refractivity contribution is 5.96. The van der Waals surface area contributed by atoms with Crippen LogP contribution in [0, 0.1) is 0 Å². The predicted octanol–water partition coefficient (Wildman–Crippen LogP) is 4.16. The molecule has 0 bridgehead atoms. The van der Waals surface area contributed by atoms with Crippen LogP contribution >= 0.6 is 0 Å². The number of anilines is 1. The number of hydrogen-bond acceptors (Lipinski definition) is 4. The SMILES string of the molecule is CCOc1ccc(/C=C/C(=O)O[C@@H](C)C(=O)Nc2ccc3c(c2)CCC3)cc1. The summed E-state index contributed by atoms with van der Waals surface area (Å²) in [4.78, 5) is 24.3. The van der Waals surface area contributed by atoms with Crippen molar-refractivity contribution in [2.24, 2.45) is 0 Å². The van der Waals surface area contributed by atoms with Gasteiger partial charge in [0, 0.05) is 11.8 Å². The van der Waals surface area contributed by atoms with E-state index in [0.717, 1.165) is 36.3 Å². The van der Waals surface area contributed by atoms with Gasteiger partial charge >= 0.3 is 5.97 Å². The minimum atomic E-state index is -0.884. The number of benzene rings is 2. The van der Waals surface area contributed by atoms with Crippen LogP contribution in [0.15, 0.2) is 48.5 Å². The molecule has 0 heterocycles. The van der Waals surface area contributed by atoms with Gasteiger partial charge in [-0.15, -0.1) is 0 Å². The fourth-order valence-corrected chi connectivity index (χ4v) is 3.17. The van der Waals surface area contributed by atoms with Gasteiger partial charge in [0.1, 0.15) is 5.75 Å². The summed E-state index contributed by atoms with van der Waals surface area (Å²) in [7, 11) is 0. The molecule has 0 aliphatic heterocycles. The van der Waals surface area contributed by atoms with Gasteiger partial charge in [-0.2, -0.15) is 0 Å². The first-order valence-electron chi connectivity index (χ1n) is 9.59. The molecule has 5 nitrogen and oxygen atoms in total. The fourth-order valence-electron chi connectivity index (χ4n) is 3.17. The molecule has 0 spiro atoms. The van der Waals surface area contributed by atoms with Gasteiger partial charge in [0.2, 0.25) is 0 Å². The number of nitrogens with one attached hydrogen (secondary N) is 1. The lowest BCUT2D eigenvalue weighted by Crippen LogP contribution is -2.29. The van der Waals surface area contributed by atoms with E-state index < -0.39 is 12.1 Å². The maximum Gasteiger partial charge on any atom is 0.331 e. The zero-order valence-electron chi connectivity index (χ0n) is 16.2. The van der Waals surface area contributed by atoms with Crippen molar-refractivity contribution >= 4 is 23.6 Å². The van der Waals surface area contributed by atoms with E-state index >= 15 is 0 Å². The van der Waals surface area contributed by atoms with E-state index in [1.54, 1.807) is 13.0 Å². The number of carbonyl (C=O) groups is 2. The molecule has 0 saturated carbocycles. The molecular weight excluding hydrogens is 354 g/mol. The Hall–Kier alpha value is -3.08. The Balaban J connectivity index is 1.51. The number of carbonyl (C=O) groups excluding carboxylic acids is 2. The van der Waals surface area contributed by atoms with E-state index in [4.69, 9.17) is 9.47 Å². The molecule has 0 saturated heterocycles. The number of esters is 1. The third kappa shape index (κ3) is 5.22. The van der Waals surface area contributed by atoms with Crippen molar-refractivity contribution in [1.82, 2.24) is 0 Å². The Bertz CT molecular complexity index is 871. The third-order valence-electron chi connectivity index (χ3n) is 4.63. The Kier molecular flexibility index (Phi) is 6.48. The molecule has 2 aromatic carbocycles. The predicted molar refractivity (Wildman–Crippen MR) is 109 cm³/mol. The van der Waals surface area contributed by atoms with Crippen molar-refractivity contribution < 1.29 is 19.1 Å². The average molecular weight is 379 g/mol. The number of amides is 1. The lowest BCUT2D eigenvalue weighted by molar-refractivity contribution is -0.148. The first-order chi connectivity index (χ1) is 13.5. The maximum absolute atomic E-state index is 12.3. The van der Waals surface area contributed by atoms with Crippen molar-refractivity contribution in [1.29, 1.82) is 0 Å². The molecule has 1 N–H and O–H groups in total. The van der Waals surface area contributed by atoms with Crippen LogP contribution in [0.25, 0.3) is 6.08 Å². The number of hydrogen-bond donors (Lipinski definition) is 1. The molecule has 0 unspecified atom stereocenters. The van der Waals surface area contributed by atoms with Crippen LogP contribution in [0.1, 0.15) is 37.0 Å². The van der Waals surface area contributed by atoms with Gasteiger partial charge in [-0.3, -0.25) is 4.79 Å². The van der Waals surface area contributed by atoms with E-state index in [0.29, 0.717) is 6.61 Å². The van der Waals surface area contributed by atoms with Crippen molar-refractivity contribution in [3.05, 3.63) is 65.2 Å². The Morgan fingerprint density at radius 3 is 2.61 bits per heavy atom. The van der Waals surface area contributed by atoms with Crippen LogP contribution in [0.2, 0.25) is 0 Å². The quantitative estimate of drug-likeness (QED) is 0.580. The number of rotatable bonds is 7. The molecule has 3 rings (SSSR count). The standard InChI is InChI=1S/C23H25NO4/c1-3-27-21-12-7-17(8-13-21)9-14-22(25)28-16(2)23(26)24-20-11-10-18-5-4-6-19(18)15-20/h7-16H,3-6H2,1-2H3,(H,24,26)/b14-9+/t16-/m0/s1. The normalized spacial score (nSPS) is 13.8. The van der Waals surface area contributed by atoms with Crippen molar-refractivity contribution in [3.8, 4) is 5.75 Å². The van der Waals surface area contributed by atoms with Crippen LogP contribution in [-0.2, 0) is 27.2 Å². The molecule has 0 fully saturated rings. The van der Waals surface area contributed by atoms with Gasteiger partial charge in [-0.05, 0) is 80.1 Å². The molecule has 28 heavy (non-hydrogen) atoms. The summed E-state index contributed by atoms with van der Waals surface area (Å²) in [5.74, 6) is -0.134. The van der Waals surface area contributed by atoms with Crippen molar-refractivity contribution in [2.75, 3.05) is 11.9 Å². The molecule has 1 amide bonds. The second-order valence-electron chi connectivity index (χ2n) is 6.74. The average Bonchev–Trinajstić information content (AvgIpc) is 3.15. The molecule has 1 aliphatic rings. The fraction of sp³-hybridized carbons (Fsp3) is 0.304. The summed E-state index contributed by atoms with van der Waals surface area (Å²) in [6.45, 7) is 4.09. The van der Waals surface area contributed by atoms with Gasteiger partial charge in [0.25, 0.3) is 5.91 Å². The Morgan fingerprint density at radius 2 is 1.86 bits per heavy atom. The second kappa shape index (κ2) is 9.22. The monoisotopic (exact) mass is 379 g/mol. The molecule has 0 aromatic heterocycles. The van der Waals surface area contributed by atoms with Gasteiger partial charge in [-0.1, -0.05) is 18.2 Å². The summed E-state index contributed by atoms with van der Waals surface area (Å²) in [5, 5.41) is 2.81. The van der Waals surface area contributed by atoms with Crippen LogP contribution in [0.5, 0.6) is 5.75 Å². The summed E-state index contributed by atoms with van der Waals surface area (Å²) in [5.41, 5.74) is 4.20. The van der Waals surface area contributed by atoms with Crippen LogP contribution in [-0.4, -0.2) is 24.6 Å². The van der Waals surface area contributed by atoms with Crippen molar-refractivity contribution in [3.63, 3.8) is 0 Å². The first kappa shape index (κ1) is 19.7. The minimum absolute atomic E-state index is 0.347. The highest BCUT2D eigenvalue weighted by Gasteiger charge is 2.18. The summed E-state index contributed by atoms with van der Waals surface area (Å²) >= 11 is 0. The van der Waals surface area contributed by atoms with Crippen LogP contribution < -0.4 is 10.1 Å². The smallest absolute Gasteiger partial charge is 0.331 e. The van der Waals surface area contributed by atoms with Gasteiger partial charge in [0.05, 0.1) is 6.61 Å². The van der Waals surface area contributed by atoms with Crippen LogP contribution in [0.3, 0.4) is 0 Å². The summed E-state index contributed by atoms with van der Waals surface area (Å²) < 4.78 is 10.6. The zero-order valence-corrected chi connectivity index (χ0v) is 16.2. The lowest BCUT2D eigenvalue weighted by Gasteiger charge is -2.13. The van der Waals surface area contributed by atoms with Gasteiger partial charge in [0.15, 0.2) is 6.10 Å². The van der Waals surface area contributed by atoms with Crippen molar-refractivity contribution in [2.45, 2.75) is 39.2 Å². The Morgan fingerprint density at radius 1 is 1.11 bits per heavy atom. The largest absolute Gasteiger partial charge is 0.494 e. The minimum Gasteiger partial charge on any atom is -0.494 e. The molecule has 5 heteroatoms. The Labute approximate surface area is 165 Å². The van der Waals surface area contributed by atoms with E-state index in [1.807, 2.05) is 49.4 Å². The van der Waals surface area contributed by atoms with E-state index in [9.17, 15) is 9.59 Å². The molecule has 1 atom stereocenters. The van der Waals surface area contributed by atoms with E-state index in [2.05, 4.69) is 5.32 Å². The third-order valence-corrected chi connectivity index (χ3v) is 4.63. The van der Waals surface area contributed by atoms with Gasteiger partial charge < -0.3 is 14.8 Å². The molecule has 2 aromatic rings. The number of ether oxygens (including phenoxy) is 2. The van der Waals surface area contributed by atoms with E-state index in [-0.39, 0.29) is 5.91 Å². The summed E-state index contributed by atoms with van der Waals surface area (Å²) in [6, 6.07) is 13.3. The highest BCUT2D eigenvalue weighted by Crippen LogP contribution is 2.25. The van der Waals surface area contributed by atoms with E-state index in [1.165, 1.54) is 17.2 Å². The number of aryl methyl sites for hydroxylation is 2. The van der Waals surface area contributed by atoms with Crippen LogP contribution in [0.4, 0.5) is 5.69 Å². The lowest BCUT2D eigenvalue weighted by atomic mass is 10.1. The molecule has 146 valence electrons. The molecular formula is C23H25NO4. The zero-order chi connectivity index (χ0) is 19.9. The topological polar surface area (TPSA) is 64.6 Å². The number of fused-ring (bicyclic) bond motifs is 1. The first-order valence-corrected chi connectivity index (χ1v) is 9.59.